The van der Waals surface area contributed by atoms with Gasteiger partial charge in [-0.25, -0.2) is 9.67 Å². The van der Waals surface area contributed by atoms with E-state index in [0.717, 1.165) is 33.6 Å². The third-order valence-corrected chi connectivity index (χ3v) is 7.09. The molecule has 2 heterocycles. The molecule has 0 bridgehead atoms. The molecule has 0 saturated heterocycles. The summed E-state index contributed by atoms with van der Waals surface area (Å²) in [6.45, 7) is 6.06. The van der Waals surface area contributed by atoms with E-state index in [-0.39, 0.29) is 22.3 Å². The first-order chi connectivity index (χ1) is 19.9. The smallest absolute Gasteiger partial charge is 0.269 e. The molecule has 0 radical (unpaired) electrons. The van der Waals surface area contributed by atoms with E-state index in [0.29, 0.717) is 30.9 Å². The lowest BCUT2D eigenvalue weighted by Crippen LogP contribution is -2.16. The molecule has 1 aliphatic rings. The molecular weight excluding hydrogens is 538 g/mol. The van der Waals surface area contributed by atoms with Crippen LogP contribution in [0.15, 0.2) is 97.3 Å². The molecule has 2 aromatic heterocycles. The van der Waals surface area contributed by atoms with Crippen LogP contribution in [0, 0.1) is 0 Å². The normalized spacial score (nSPS) is 12.5. The van der Waals surface area contributed by atoms with Crippen LogP contribution in [0.2, 0.25) is 5.15 Å². The van der Waals surface area contributed by atoms with Crippen molar-refractivity contribution in [1.29, 1.82) is 0 Å². The van der Waals surface area contributed by atoms with Crippen LogP contribution in [0.25, 0.3) is 16.9 Å². The number of ether oxygens (including phenoxy) is 1. The zero-order valence-electron chi connectivity index (χ0n) is 22.4. The predicted octanol–water partition coefficient (Wildman–Crippen LogP) is 6.10. The Morgan fingerprint density at radius 3 is 2.68 bits per heavy atom. The fourth-order valence-corrected chi connectivity index (χ4v) is 4.93. The fourth-order valence-electron chi connectivity index (χ4n) is 4.72. The Morgan fingerprint density at radius 1 is 1.17 bits per heavy atom. The standard InChI is InChI=1S/C32H28ClN5O3/c1-3-5-7-20(4-2)19-41-24-14-12-23(13-15-24)38-29-25(28(37-38)31(34)39)16-10-21-9-11-22(18-27(21)29)36-32(40)26-8-6-17-35-30(26)33/h3-9,11-15,17-18H,1,10,16,19H2,2H3,(H2,34,39)(H,36,40)/b7-5-,20-4+. The molecule has 0 atom stereocenters. The van der Waals surface area contributed by atoms with Crippen LogP contribution in [0.5, 0.6) is 5.75 Å². The highest BCUT2D eigenvalue weighted by atomic mass is 35.5. The van der Waals surface area contributed by atoms with Crippen molar-refractivity contribution in [3.63, 3.8) is 0 Å². The molecule has 0 saturated carbocycles. The zero-order chi connectivity index (χ0) is 28.9. The van der Waals surface area contributed by atoms with Crippen molar-refractivity contribution in [2.75, 3.05) is 11.9 Å². The maximum Gasteiger partial charge on any atom is 0.269 e. The molecular formula is C32H28ClN5O3. The number of hydrogen-bond donors (Lipinski definition) is 2. The molecule has 1 aliphatic carbocycles. The van der Waals surface area contributed by atoms with Crippen LogP contribution in [0.1, 0.15) is 38.9 Å². The van der Waals surface area contributed by atoms with Gasteiger partial charge in [-0.05, 0) is 79.4 Å². The number of hydrogen-bond acceptors (Lipinski definition) is 5. The highest BCUT2D eigenvalue weighted by Crippen LogP contribution is 2.38. The van der Waals surface area contributed by atoms with Gasteiger partial charge in [0.15, 0.2) is 5.69 Å². The number of allylic oxidation sites excluding steroid dienone is 3. The third-order valence-electron chi connectivity index (χ3n) is 6.79. The fraction of sp³-hybridized carbons (Fsp3) is 0.125. The van der Waals surface area contributed by atoms with Gasteiger partial charge in [0.25, 0.3) is 11.8 Å². The minimum atomic E-state index is -0.592. The van der Waals surface area contributed by atoms with E-state index < -0.39 is 5.91 Å². The molecule has 4 aromatic rings. The summed E-state index contributed by atoms with van der Waals surface area (Å²) in [6.07, 6.45) is 10.4. The molecule has 2 amide bonds. The first kappa shape index (κ1) is 27.6. The van der Waals surface area contributed by atoms with Crippen molar-refractivity contribution in [2.45, 2.75) is 19.8 Å². The van der Waals surface area contributed by atoms with Gasteiger partial charge < -0.3 is 15.8 Å². The molecule has 0 spiro atoms. The quantitative estimate of drug-likeness (QED) is 0.188. The number of halogens is 1. The number of nitrogens with two attached hydrogens (primary N) is 1. The summed E-state index contributed by atoms with van der Waals surface area (Å²) in [5.74, 6) is -0.275. The van der Waals surface area contributed by atoms with Crippen molar-refractivity contribution in [1.82, 2.24) is 14.8 Å². The highest BCUT2D eigenvalue weighted by molar-refractivity contribution is 6.33. The van der Waals surface area contributed by atoms with E-state index in [1.807, 2.05) is 67.6 Å². The van der Waals surface area contributed by atoms with Crippen LogP contribution < -0.4 is 15.8 Å². The van der Waals surface area contributed by atoms with Gasteiger partial charge in [0, 0.05) is 23.0 Å². The van der Waals surface area contributed by atoms with Gasteiger partial charge in [0.05, 0.1) is 16.9 Å². The molecule has 5 rings (SSSR count). The van der Waals surface area contributed by atoms with Gasteiger partial charge in [-0.1, -0.05) is 48.6 Å². The Labute approximate surface area is 242 Å². The first-order valence-corrected chi connectivity index (χ1v) is 13.4. The number of aryl methyl sites for hydroxylation is 1. The summed E-state index contributed by atoms with van der Waals surface area (Å²) in [6, 6.07) is 16.4. The zero-order valence-corrected chi connectivity index (χ0v) is 23.2. The number of primary amides is 1. The number of fused-ring (bicyclic) bond motifs is 3. The van der Waals surface area contributed by atoms with Crippen LogP contribution in [-0.4, -0.2) is 33.2 Å². The number of amides is 2. The second-order valence-electron chi connectivity index (χ2n) is 9.36. The van der Waals surface area contributed by atoms with Crippen molar-refractivity contribution < 1.29 is 14.3 Å². The summed E-state index contributed by atoms with van der Waals surface area (Å²) in [5.41, 5.74) is 12.0. The lowest BCUT2D eigenvalue weighted by molar-refractivity contribution is 0.0992. The lowest BCUT2D eigenvalue weighted by atomic mass is 9.88. The van der Waals surface area contributed by atoms with Gasteiger partial charge in [-0.3, -0.25) is 9.59 Å². The van der Waals surface area contributed by atoms with Gasteiger partial charge in [-0.2, -0.15) is 5.10 Å². The molecule has 8 nitrogen and oxygen atoms in total. The number of aromatic nitrogens is 3. The van der Waals surface area contributed by atoms with Gasteiger partial charge in [0.2, 0.25) is 0 Å². The van der Waals surface area contributed by atoms with E-state index in [1.54, 1.807) is 22.9 Å². The molecule has 9 heteroatoms. The number of pyridine rings is 1. The molecule has 2 aromatic carbocycles. The number of nitrogens with zero attached hydrogens (tertiary/aromatic N) is 3. The van der Waals surface area contributed by atoms with Crippen molar-refractivity contribution in [3.8, 4) is 22.7 Å². The Hall–Kier alpha value is -4.95. The lowest BCUT2D eigenvalue weighted by Gasteiger charge is -2.20. The summed E-state index contributed by atoms with van der Waals surface area (Å²) >= 11 is 6.12. The molecule has 3 N–H and O–H groups in total. The van der Waals surface area contributed by atoms with Crippen molar-refractivity contribution in [3.05, 3.63) is 125 Å². The molecule has 206 valence electrons. The van der Waals surface area contributed by atoms with Gasteiger partial charge >= 0.3 is 0 Å². The van der Waals surface area contributed by atoms with Crippen molar-refractivity contribution in [2.24, 2.45) is 5.73 Å². The van der Waals surface area contributed by atoms with Crippen LogP contribution in [-0.2, 0) is 12.8 Å². The van der Waals surface area contributed by atoms with E-state index in [4.69, 9.17) is 22.1 Å². The summed E-state index contributed by atoms with van der Waals surface area (Å²) in [5, 5.41) is 7.64. The second kappa shape index (κ2) is 12.1. The number of carbonyl (C=O) groups excluding carboxylic acids is 2. The van der Waals surface area contributed by atoms with E-state index >= 15 is 0 Å². The monoisotopic (exact) mass is 565 g/mol. The Kier molecular flexibility index (Phi) is 8.12. The summed E-state index contributed by atoms with van der Waals surface area (Å²) in [4.78, 5) is 29.2. The van der Waals surface area contributed by atoms with E-state index in [1.165, 1.54) is 6.20 Å². The second-order valence-corrected chi connectivity index (χ2v) is 9.72. The average Bonchev–Trinajstić information content (AvgIpc) is 3.38. The minimum absolute atomic E-state index is 0.122. The number of anilines is 1. The van der Waals surface area contributed by atoms with E-state index in [2.05, 4.69) is 22.0 Å². The maximum absolute atomic E-state index is 12.9. The maximum atomic E-state index is 12.9. The molecule has 0 fully saturated rings. The van der Waals surface area contributed by atoms with Crippen molar-refractivity contribution >= 4 is 29.1 Å². The summed E-state index contributed by atoms with van der Waals surface area (Å²) < 4.78 is 7.67. The topological polar surface area (TPSA) is 112 Å². The van der Waals surface area contributed by atoms with E-state index in [9.17, 15) is 9.59 Å². The van der Waals surface area contributed by atoms with Crippen LogP contribution in [0.3, 0.4) is 0 Å². The van der Waals surface area contributed by atoms with Crippen LogP contribution in [0.4, 0.5) is 5.69 Å². The predicted molar refractivity (Wildman–Crippen MR) is 161 cm³/mol. The first-order valence-electron chi connectivity index (χ1n) is 13.0. The Bertz CT molecular complexity index is 1700. The molecule has 0 unspecified atom stereocenters. The Morgan fingerprint density at radius 2 is 1.98 bits per heavy atom. The highest BCUT2D eigenvalue weighted by Gasteiger charge is 2.28. The SMILES string of the molecule is C=C/C=C\C(=C/C)COc1ccc(-n2nc(C(N)=O)c3c2-c2cc(NC(=O)c4cccnc4Cl)ccc2CC3)cc1. The third kappa shape index (κ3) is 5.83. The number of carbonyl (C=O) groups is 2. The molecule has 0 aliphatic heterocycles. The Balaban J connectivity index is 1.48. The largest absolute Gasteiger partial charge is 0.489 e. The van der Waals surface area contributed by atoms with Gasteiger partial charge in [0.1, 0.15) is 17.5 Å². The number of nitrogens with one attached hydrogen (secondary N) is 1. The summed E-state index contributed by atoms with van der Waals surface area (Å²) in [7, 11) is 0. The van der Waals surface area contributed by atoms with Crippen LogP contribution >= 0.6 is 11.6 Å². The van der Waals surface area contributed by atoms with Gasteiger partial charge in [-0.15, -0.1) is 0 Å². The number of benzene rings is 2. The average molecular weight is 566 g/mol. The minimum Gasteiger partial charge on any atom is -0.489 e. The molecule has 41 heavy (non-hydrogen) atoms. The number of rotatable bonds is 9.